The van der Waals surface area contributed by atoms with Crippen molar-refractivity contribution in [3.05, 3.63) is 12.0 Å². The second-order valence-electron chi connectivity index (χ2n) is 3.85. The van der Waals surface area contributed by atoms with Crippen LogP contribution >= 0.6 is 0 Å². The molecule has 1 saturated heterocycles. The average molecular weight is 244 g/mol. The van der Waals surface area contributed by atoms with Gasteiger partial charge < -0.3 is 10.3 Å². The summed E-state index contributed by atoms with van der Waals surface area (Å²) < 4.78 is 26.0. The van der Waals surface area contributed by atoms with Crippen molar-refractivity contribution in [3.63, 3.8) is 0 Å². The van der Waals surface area contributed by atoms with E-state index in [0.29, 0.717) is 12.4 Å². The summed E-state index contributed by atoms with van der Waals surface area (Å²) >= 11 is 0. The summed E-state index contributed by atoms with van der Waals surface area (Å²) in [4.78, 5) is 6.70. The summed E-state index contributed by atoms with van der Waals surface area (Å²) in [6.45, 7) is 5.51. The topological polar surface area (TPSA) is 78.1 Å². The molecule has 2 heterocycles. The van der Waals surface area contributed by atoms with Crippen LogP contribution < -0.4 is 5.32 Å². The normalized spacial score (nSPS) is 17.7. The standard InChI is InChI=1S/C9H16N4O2S/c1-3-13(8-4-10-5-8)16(14,15)9-6-11-7(2)12-9/h6,8,10H,3-5H2,1-2H3,(H,11,12). The van der Waals surface area contributed by atoms with Crippen molar-refractivity contribution >= 4 is 10.0 Å². The molecule has 1 aliphatic heterocycles. The number of sulfonamides is 1. The lowest BCUT2D eigenvalue weighted by atomic mass is 10.2. The number of aromatic amines is 1. The van der Waals surface area contributed by atoms with Crippen LogP contribution in [-0.2, 0) is 10.0 Å². The minimum absolute atomic E-state index is 0.0682. The van der Waals surface area contributed by atoms with E-state index in [4.69, 9.17) is 0 Å². The number of aromatic nitrogens is 2. The van der Waals surface area contributed by atoms with E-state index in [1.807, 2.05) is 6.92 Å². The fourth-order valence-electron chi connectivity index (χ4n) is 1.76. The predicted octanol–water partition coefficient (Wildman–Crippen LogP) is -0.299. The second kappa shape index (κ2) is 4.15. The molecule has 0 unspecified atom stereocenters. The Morgan fingerprint density at radius 2 is 2.25 bits per heavy atom. The van der Waals surface area contributed by atoms with Crippen molar-refractivity contribution in [2.45, 2.75) is 24.9 Å². The molecule has 16 heavy (non-hydrogen) atoms. The maximum atomic E-state index is 12.2. The summed E-state index contributed by atoms with van der Waals surface area (Å²) in [7, 11) is -3.42. The molecule has 2 rings (SSSR count). The Morgan fingerprint density at radius 1 is 1.56 bits per heavy atom. The summed E-state index contributed by atoms with van der Waals surface area (Å²) in [5.74, 6) is 0.612. The first kappa shape index (κ1) is 11.6. The molecule has 6 nitrogen and oxygen atoms in total. The molecule has 1 fully saturated rings. The molecule has 1 aromatic rings. The van der Waals surface area contributed by atoms with Gasteiger partial charge >= 0.3 is 0 Å². The van der Waals surface area contributed by atoms with Crippen LogP contribution in [0.25, 0.3) is 0 Å². The Labute approximate surface area is 95.1 Å². The summed E-state index contributed by atoms with van der Waals surface area (Å²) in [6.07, 6.45) is 1.37. The van der Waals surface area contributed by atoms with Crippen LogP contribution in [0.15, 0.2) is 11.2 Å². The third-order valence-electron chi connectivity index (χ3n) is 2.75. The van der Waals surface area contributed by atoms with Crippen molar-refractivity contribution < 1.29 is 8.42 Å². The number of nitrogens with zero attached hydrogens (tertiary/aromatic N) is 2. The quantitative estimate of drug-likeness (QED) is 0.762. The predicted molar refractivity (Wildman–Crippen MR) is 59.5 cm³/mol. The fourth-order valence-corrected chi connectivity index (χ4v) is 3.35. The Bertz CT molecular complexity index is 464. The Kier molecular flexibility index (Phi) is 3.00. The number of likely N-dealkylation sites (N-methyl/N-ethyl adjacent to an activating group) is 1. The molecule has 7 heteroatoms. The van der Waals surface area contributed by atoms with E-state index in [-0.39, 0.29) is 11.1 Å². The largest absolute Gasteiger partial charge is 0.332 e. The highest BCUT2D eigenvalue weighted by Gasteiger charge is 2.34. The van der Waals surface area contributed by atoms with Crippen molar-refractivity contribution in [1.29, 1.82) is 0 Å². The van der Waals surface area contributed by atoms with Crippen LogP contribution in [0.3, 0.4) is 0 Å². The monoisotopic (exact) mass is 244 g/mol. The van der Waals surface area contributed by atoms with Crippen molar-refractivity contribution in [2.75, 3.05) is 19.6 Å². The third-order valence-corrected chi connectivity index (χ3v) is 4.68. The van der Waals surface area contributed by atoms with Gasteiger partial charge in [-0.1, -0.05) is 6.92 Å². The highest BCUT2D eigenvalue weighted by molar-refractivity contribution is 7.89. The van der Waals surface area contributed by atoms with Gasteiger partial charge in [0.1, 0.15) is 5.82 Å². The molecule has 1 aromatic heterocycles. The van der Waals surface area contributed by atoms with Crippen molar-refractivity contribution in [2.24, 2.45) is 0 Å². The minimum Gasteiger partial charge on any atom is -0.332 e. The van der Waals surface area contributed by atoms with Gasteiger partial charge in [0.05, 0.1) is 12.2 Å². The van der Waals surface area contributed by atoms with Gasteiger partial charge in [-0.3, -0.25) is 0 Å². The van der Waals surface area contributed by atoms with Crippen molar-refractivity contribution in [1.82, 2.24) is 19.6 Å². The first-order chi connectivity index (χ1) is 7.55. The van der Waals surface area contributed by atoms with Gasteiger partial charge in [0.15, 0.2) is 5.03 Å². The molecule has 0 spiro atoms. The second-order valence-corrected chi connectivity index (χ2v) is 5.71. The zero-order valence-corrected chi connectivity index (χ0v) is 10.2. The lowest BCUT2D eigenvalue weighted by Crippen LogP contribution is -2.58. The lowest BCUT2D eigenvalue weighted by molar-refractivity contribution is 0.249. The van der Waals surface area contributed by atoms with E-state index in [2.05, 4.69) is 15.3 Å². The SMILES string of the molecule is CCN(C1CNC1)S(=O)(=O)c1cnc(C)[nH]1. The first-order valence-electron chi connectivity index (χ1n) is 5.30. The Balaban J connectivity index is 2.29. The highest BCUT2D eigenvalue weighted by Crippen LogP contribution is 2.17. The maximum absolute atomic E-state index is 12.2. The van der Waals surface area contributed by atoms with E-state index in [1.54, 1.807) is 6.92 Å². The summed E-state index contributed by atoms with van der Waals surface area (Å²) in [5, 5.41) is 3.25. The Morgan fingerprint density at radius 3 is 2.62 bits per heavy atom. The molecule has 0 aliphatic carbocycles. The third kappa shape index (κ3) is 1.85. The first-order valence-corrected chi connectivity index (χ1v) is 6.74. The molecule has 0 bridgehead atoms. The molecule has 2 N–H and O–H groups in total. The number of rotatable bonds is 4. The Hall–Kier alpha value is -0.920. The van der Waals surface area contributed by atoms with Gasteiger partial charge in [-0.15, -0.1) is 0 Å². The smallest absolute Gasteiger partial charge is 0.260 e. The summed E-state index contributed by atoms with van der Waals surface area (Å²) in [5.41, 5.74) is 0. The van der Waals surface area contributed by atoms with Crippen molar-refractivity contribution in [3.8, 4) is 0 Å². The molecular weight excluding hydrogens is 228 g/mol. The van der Waals surface area contributed by atoms with Gasteiger partial charge in [0.2, 0.25) is 0 Å². The summed E-state index contributed by atoms with van der Waals surface area (Å²) in [6, 6.07) is 0.0682. The van der Waals surface area contributed by atoms with Crippen LogP contribution in [0.4, 0.5) is 0 Å². The van der Waals surface area contributed by atoms with Crippen LogP contribution in [0.5, 0.6) is 0 Å². The lowest BCUT2D eigenvalue weighted by Gasteiger charge is -2.36. The minimum atomic E-state index is -3.42. The molecule has 0 aromatic carbocycles. The molecule has 90 valence electrons. The van der Waals surface area contributed by atoms with Crippen LogP contribution in [0, 0.1) is 6.92 Å². The van der Waals surface area contributed by atoms with Gasteiger partial charge in [-0.25, -0.2) is 13.4 Å². The number of aryl methyl sites for hydroxylation is 1. The van der Waals surface area contributed by atoms with Crippen LogP contribution in [-0.4, -0.2) is 48.4 Å². The van der Waals surface area contributed by atoms with Gasteiger partial charge in [0.25, 0.3) is 10.0 Å². The average Bonchev–Trinajstić information content (AvgIpc) is 2.58. The van der Waals surface area contributed by atoms with Gasteiger partial charge in [-0.05, 0) is 6.92 Å². The molecule has 0 atom stereocenters. The zero-order valence-electron chi connectivity index (χ0n) is 9.40. The molecule has 0 saturated carbocycles. The van der Waals surface area contributed by atoms with E-state index < -0.39 is 10.0 Å². The van der Waals surface area contributed by atoms with Gasteiger partial charge in [0, 0.05) is 19.6 Å². The molecule has 1 aliphatic rings. The number of imidazole rings is 1. The van der Waals surface area contributed by atoms with Gasteiger partial charge in [-0.2, -0.15) is 4.31 Å². The number of hydrogen-bond acceptors (Lipinski definition) is 4. The molecule has 0 amide bonds. The van der Waals surface area contributed by atoms with E-state index in [0.717, 1.165) is 13.1 Å². The van der Waals surface area contributed by atoms with Crippen LogP contribution in [0.1, 0.15) is 12.7 Å². The number of nitrogens with one attached hydrogen (secondary N) is 2. The van der Waals surface area contributed by atoms with Crippen LogP contribution in [0.2, 0.25) is 0 Å². The van der Waals surface area contributed by atoms with E-state index in [9.17, 15) is 8.42 Å². The maximum Gasteiger partial charge on any atom is 0.260 e. The zero-order chi connectivity index (χ0) is 11.8. The van der Waals surface area contributed by atoms with E-state index in [1.165, 1.54) is 10.5 Å². The number of H-pyrrole nitrogens is 1. The fraction of sp³-hybridized carbons (Fsp3) is 0.667. The highest BCUT2D eigenvalue weighted by atomic mass is 32.2. The number of hydrogen-bond donors (Lipinski definition) is 2. The molecular formula is C9H16N4O2S. The molecule has 0 radical (unpaired) electrons. The van der Waals surface area contributed by atoms with E-state index >= 15 is 0 Å².